The summed E-state index contributed by atoms with van der Waals surface area (Å²) >= 11 is 1.17. The maximum Gasteiger partial charge on any atom is 0.490 e. The predicted octanol–water partition coefficient (Wildman–Crippen LogP) is 2.94. The van der Waals surface area contributed by atoms with Gasteiger partial charge in [0.1, 0.15) is 5.82 Å². The minimum absolute atomic E-state index is 0.0238. The molecule has 172 valence electrons. The first-order valence-electron chi connectivity index (χ1n) is 8.50. The van der Waals surface area contributed by atoms with Crippen molar-refractivity contribution in [2.24, 2.45) is 0 Å². The Balaban J connectivity index is 0.000000423. The van der Waals surface area contributed by atoms with Crippen LogP contribution in [0.25, 0.3) is 0 Å². The second-order valence-electron chi connectivity index (χ2n) is 6.29. The van der Waals surface area contributed by atoms with Crippen molar-refractivity contribution < 1.29 is 40.3 Å². The van der Waals surface area contributed by atoms with Gasteiger partial charge in [0.2, 0.25) is 0 Å². The van der Waals surface area contributed by atoms with Gasteiger partial charge in [-0.2, -0.15) is 13.2 Å². The van der Waals surface area contributed by atoms with Gasteiger partial charge < -0.3 is 15.7 Å². The van der Waals surface area contributed by atoms with Crippen molar-refractivity contribution in [3.63, 3.8) is 0 Å². The van der Waals surface area contributed by atoms with Crippen LogP contribution in [-0.4, -0.2) is 49.8 Å². The number of aliphatic carboxylic acids is 1. The van der Waals surface area contributed by atoms with Crippen LogP contribution in [0.1, 0.15) is 12.0 Å². The van der Waals surface area contributed by atoms with Gasteiger partial charge in [0, 0.05) is 29.2 Å². The van der Waals surface area contributed by atoms with Gasteiger partial charge in [0.15, 0.2) is 16.5 Å². The zero-order chi connectivity index (χ0) is 23.4. The lowest BCUT2D eigenvalue weighted by molar-refractivity contribution is -0.192. The van der Waals surface area contributed by atoms with Crippen molar-refractivity contribution in [3.05, 3.63) is 34.2 Å². The number of hydrogen-bond donors (Lipinski definition) is 4. The highest BCUT2D eigenvalue weighted by molar-refractivity contribution is 7.92. The van der Waals surface area contributed by atoms with Crippen molar-refractivity contribution in [2.75, 3.05) is 23.1 Å². The third kappa shape index (κ3) is 6.48. The van der Waals surface area contributed by atoms with Crippen molar-refractivity contribution >= 4 is 38.8 Å². The molecule has 0 aliphatic carbocycles. The second-order valence-corrected chi connectivity index (χ2v) is 8.63. The monoisotopic (exact) mass is 488 g/mol. The summed E-state index contributed by atoms with van der Waals surface area (Å²) in [5.74, 6) is -4.98. The number of anilines is 2. The van der Waals surface area contributed by atoms with Crippen molar-refractivity contribution in [2.45, 2.75) is 30.5 Å². The van der Waals surface area contributed by atoms with Crippen LogP contribution in [0, 0.1) is 18.6 Å². The normalized spacial score (nSPS) is 16.4. The molecule has 0 bridgehead atoms. The quantitative estimate of drug-likeness (QED) is 0.478. The minimum atomic E-state index is -5.08. The summed E-state index contributed by atoms with van der Waals surface area (Å²) in [6, 6.07) is 1.07. The van der Waals surface area contributed by atoms with E-state index < -0.39 is 38.7 Å². The van der Waals surface area contributed by atoms with Crippen LogP contribution < -0.4 is 15.4 Å². The highest BCUT2D eigenvalue weighted by Crippen LogP contribution is 2.30. The Hall–Kier alpha value is -2.52. The number of carboxylic acids is 1. The van der Waals surface area contributed by atoms with Gasteiger partial charge in [0.05, 0.1) is 5.51 Å². The molecule has 2 heterocycles. The van der Waals surface area contributed by atoms with Crippen LogP contribution >= 0.6 is 11.3 Å². The van der Waals surface area contributed by atoms with E-state index >= 15 is 0 Å². The molecular formula is C16H17F5N4O4S2. The standard InChI is InChI=1S/C14H16F2N4O2S2.C2HF3O2/c1-8-11(19-9-2-3-17-5-9)4-10(15)14(13(8)16)24(21,22)20-12-6-23-7-18-12;3-2(4,5)1(6)7/h4,6-7,9,17,19-20H,2-3,5H2,1H3;(H,6,7)/t9-;/m0./s1. The molecule has 1 atom stereocenters. The van der Waals surface area contributed by atoms with Crippen LogP contribution in [-0.2, 0) is 14.8 Å². The second kappa shape index (κ2) is 9.74. The SMILES string of the molecule is Cc1c(N[C@H]2CCNC2)cc(F)c(S(=O)(=O)Nc2cscn2)c1F.O=C(O)C(F)(F)F. The predicted molar refractivity (Wildman–Crippen MR) is 103 cm³/mol. The van der Waals surface area contributed by atoms with E-state index in [2.05, 4.69) is 20.3 Å². The average molecular weight is 488 g/mol. The Bertz CT molecular complexity index is 1020. The summed E-state index contributed by atoms with van der Waals surface area (Å²) in [6.45, 7) is 2.93. The number of halogens is 5. The van der Waals surface area contributed by atoms with Crippen molar-refractivity contribution in [1.29, 1.82) is 0 Å². The topological polar surface area (TPSA) is 120 Å². The van der Waals surface area contributed by atoms with Gasteiger partial charge in [0.25, 0.3) is 10.0 Å². The number of aromatic nitrogens is 1. The summed E-state index contributed by atoms with van der Waals surface area (Å²) in [4.78, 5) is 11.7. The Morgan fingerprint density at radius 3 is 2.48 bits per heavy atom. The molecule has 4 N–H and O–H groups in total. The van der Waals surface area contributed by atoms with Crippen molar-refractivity contribution in [3.8, 4) is 0 Å². The van der Waals surface area contributed by atoms with Crippen LogP contribution in [0.4, 0.5) is 33.5 Å². The molecular weight excluding hydrogens is 471 g/mol. The highest BCUT2D eigenvalue weighted by atomic mass is 32.2. The summed E-state index contributed by atoms with van der Waals surface area (Å²) in [5, 5.41) is 14.7. The maximum atomic E-state index is 14.6. The number of carboxylic acid groups (broad SMARTS) is 1. The minimum Gasteiger partial charge on any atom is -0.475 e. The first-order valence-corrected chi connectivity index (χ1v) is 10.9. The molecule has 2 aromatic rings. The van der Waals surface area contributed by atoms with Crippen LogP contribution in [0.5, 0.6) is 0 Å². The number of alkyl halides is 3. The molecule has 0 saturated carbocycles. The van der Waals surface area contributed by atoms with E-state index in [9.17, 15) is 30.4 Å². The Morgan fingerprint density at radius 2 is 2.00 bits per heavy atom. The van der Waals surface area contributed by atoms with Gasteiger partial charge in [-0.1, -0.05) is 0 Å². The number of carbonyl (C=O) groups is 1. The van der Waals surface area contributed by atoms with Crippen LogP contribution in [0.2, 0.25) is 0 Å². The number of hydrogen-bond acceptors (Lipinski definition) is 7. The molecule has 1 fully saturated rings. The molecule has 8 nitrogen and oxygen atoms in total. The molecule has 1 saturated heterocycles. The fourth-order valence-corrected chi connectivity index (χ4v) is 4.29. The lowest BCUT2D eigenvalue weighted by Crippen LogP contribution is -2.24. The first-order chi connectivity index (χ1) is 14.3. The molecule has 31 heavy (non-hydrogen) atoms. The molecule has 0 unspecified atom stereocenters. The summed E-state index contributed by atoms with van der Waals surface area (Å²) < 4.78 is 87.3. The number of sulfonamides is 1. The number of benzene rings is 1. The van der Waals surface area contributed by atoms with E-state index in [1.54, 1.807) is 0 Å². The molecule has 15 heteroatoms. The summed E-state index contributed by atoms with van der Waals surface area (Å²) in [7, 11) is -4.41. The zero-order valence-corrected chi connectivity index (χ0v) is 17.4. The smallest absolute Gasteiger partial charge is 0.475 e. The lowest BCUT2D eigenvalue weighted by atomic mass is 10.1. The number of thiazole rings is 1. The largest absolute Gasteiger partial charge is 0.490 e. The first kappa shape index (κ1) is 24.7. The lowest BCUT2D eigenvalue weighted by Gasteiger charge is -2.18. The molecule has 1 aliphatic rings. The highest BCUT2D eigenvalue weighted by Gasteiger charge is 2.38. The van der Waals surface area contributed by atoms with Crippen LogP contribution in [0.3, 0.4) is 0 Å². The van der Waals surface area contributed by atoms with E-state index in [-0.39, 0.29) is 23.1 Å². The van der Waals surface area contributed by atoms with E-state index in [1.807, 2.05) is 0 Å². The van der Waals surface area contributed by atoms with E-state index in [4.69, 9.17) is 9.90 Å². The van der Waals surface area contributed by atoms with Gasteiger partial charge in [-0.25, -0.2) is 27.0 Å². The molecule has 0 spiro atoms. The van der Waals surface area contributed by atoms with Gasteiger partial charge in [-0.3, -0.25) is 4.72 Å². The number of rotatable bonds is 5. The molecule has 1 aromatic heterocycles. The fraction of sp³-hybridized carbons (Fsp3) is 0.375. The molecule has 3 rings (SSSR count). The fourth-order valence-electron chi connectivity index (χ4n) is 2.54. The van der Waals surface area contributed by atoms with E-state index in [0.29, 0.717) is 6.54 Å². The molecule has 0 amide bonds. The zero-order valence-electron chi connectivity index (χ0n) is 15.8. The van der Waals surface area contributed by atoms with Gasteiger partial charge >= 0.3 is 12.1 Å². The Labute approximate surface area is 177 Å². The molecule has 0 radical (unpaired) electrons. The van der Waals surface area contributed by atoms with Gasteiger partial charge in [-0.15, -0.1) is 11.3 Å². The van der Waals surface area contributed by atoms with Gasteiger partial charge in [-0.05, 0) is 26.0 Å². The van der Waals surface area contributed by atoms with Crippen LogP contribution in [0.15, 0.2) is 21.9 Å². The summed E-state index contributed by atoms with van der Waals surface area (Å²) in [6.07, 6.45) is -4.26. The number of nitrogens with one attached hydrogen (secondary N) is 3. The third-order valence-corrected chi connectivity index (χ3v) is 6.00. The van der Waals surface area contributed by atoms with Crippen molar-refractivity contribution in [1.82, 2.24) is 10.3 Å². The average Bonchev–Trinajstić information content (AvgIpc) is 3.32. The van der Waals surface area contributed by atoms with E-state index in [1.165, 1.54) is 29.2 Å². The Morgan fingerprint density at radius 1 is 1.35 bits per heavy atom. The molecule has 1 aromatic carbocycles. The van der Waals surface area contributed by atoms with E-state index in [0.717, 1.165) is 19.0 Å². The Kier molecular flexibility index (Phi) is 7.77. The number of nitrogens with zero attached hydrogens (tertiary/aromatic N) is 1. The summed E-state index contributed by atoms with van der Waals surface area (Å²) in [5.41, 5.74) is 1.73. The third-order valence-electron chi connectivity index (χ3n) is 4.02. The molecule has 1 aliphatic heterocycles. The maximum absolute atomic E-state index is 14.6.